The van der Waals surface area contributed by atoms with Crippen LogP contribution in [0.15, 0.2) is 55.4 Å². The monoisotopic (exact) mass is 348 g/mol. The van der Waals surface area contributed by atoms with Gasteiger partial charge in [0.25, 0.3) is 5.91 Å². The van der Waals surface area contributed by atoms with Crippen LogP contribution in [-0.4, -0.2) is 56.5 Å². The summed E-state index contributed by atoms with van der Waals surface area (Å²) in [6.07, 6.45) is 6.85. The number of anilines is 1. The summed E-state index contributed by atoms with van der Waals surface area (Å²) in [6.45, 7) is 4.85. The van der Waals surface area contributed by atoms with Gasteiger partial charge >= 0.3 is 0 Å². The van der Waals surface area contributed by atoms with Gasteiger partial charge in [-0.25, -0.2) is 15.0 Å². The molecule has 0 N–H and O–H groups in total. The van der Waals surface area contributed by atoms with Crippen LogP contribution in [0.3, 0.4) is 0 Å². The van der Waals surface area contributed by atoms with E-state index in [1.807, 2.05) is 52.9 Å². The minimum Gasteiger partial charge on any atom is -0.353 e. The van der Waals surface area contributed by atoms with E-state index in [0.29, 0.717) is 13.1 Å². The highest BCUT2D eigenvalue weighted by Gasteiger charge is 2.23. The number of aryl methyl sites for hydroxylation is 1. The molecule has 4 rings (SSSR count). The van der Waals surface area contributed by atoms with Gasteiger partial charge in [0.15, 0.2) is 0 Å². The Morgan fingerprint density at radius 2 is 1.85 bits per heavy atom. The summed E-state index contributed by atoms with van der Waals surface area (Å²) in [5, 5.41) is 0. The second-order valence-electron chi connectivity index (χ2n) is 6.35. The van der Waals surface area contributed by atoms with E-state index in [9.17, 15) is 4.79 Å². The molecule has 132 valence electrons. The Morgan fingerprint density at radius 1 is 1.04 bits per heavy atom. The van der Waals surface area contributed by atoms with Gasteiger partial charge in [0, 0.05) is 50.2 Å². The SMILES string of the molecule is Cc1cccc(C(=O)N2CCN(c3cc(-n4ccnc4)ncn3)CC2)c1. The number of carbonyl (C=O) groups is 1. The highest BCUT2D eigenvalue weighted by atomic mass is 16.2. The number of benzene rings is 1. The Morgan fingerprint density at radius 3 is 2.58 bits per heavy atom. The maximum Gasteiger partial charge on any atom is 0.253 e. The van der Waals surface area contributed by atoms with Gasteiger partial charge in [0.05, 0.1) is 0 Å². The fourth-order valence-corrected chi connectivity index (χ4v) is 3.15. The van der Waals surface area contributed by atoms with Crippen LogP contribution in [0.1, 0.15) is 15.9 Å². The summed E-state index contributed by atoms with van der Waals surface area (Å²) in [5.41, 5.74) is 1.85. The van der Waals surface area contributed by atoms with Crippen LogP contribution in [-0.2, 0) is 0 Å². The van der Waals surface area contributed by atoms with Crippen molar-refractivity contribution in [2.24, 2.45) is 0 Å². The van der Waals surface area contributed by atoms with E-state index in [0.717, 1.165) is 35.9 Å². The number of carbonyl (C=O) groups excluding carboxylic acids is 1. The lowest BCUT2D eigenvalue weighted by molar-refractivity contribution is 0.0746. The molecular formula is C19H20N6O. The van der Waals surface area contributed by atoms with Crippen LogP contribution < -0.4 is 4.90 Å². The molecule has 1 aliphatic heterocycles. The lowest BCUT2D eigenvalue weighted by atomic mass is 10.1. The summed E-state index contributed by atoms with van der Waals surface area (Å²) in [5.74, 6) is 1.74. The predicted octanol–water partition coefficient (Wildman–Crippen LogP) is 1.93. The number of hydrogen-bond donors (Lipinski definition) is 0. The Bertz CT molecular complexity index is 900. The minimum atomic E-state index is 0.0927. The molecule has 0 saturated carbocycles. The molecule has 0 bridgehead atoms. The van der Waals surface area contributed by atoms with E-state index in [-0.39, 0.29) is 5.91 Å². The van der Waals surface area contributed by atoms with E-state index in [1.165, 1.54) is 0 Å². The molecule has 2 aromatic heterocycles. The second-order valence-corrected chi connectivity index (χ2v) is 6.35. The average Bonchev–Trinajstić information content (AvgIpc) is 3.23. The number of amides is 1. The molecule has 0 radical (unpaired) electrons. The molecule has 3 aromatic rings. The lowest BCUT2D eigenvalue weighted by Crippen LogP contribution is -2.49. The number of piperazine rings is 1. The maximum atomic E-state index is 12.7. The Balaban J connectivity index is 1.44. The normalized spacial score (nSPS) is 14.5. The number of rotatable bonds is 3. The smallest absolute Gasteiger partial charge is 0.253 e. The van der Waals surface area contributed by atoms with E-state index in [2.05, 4.69) is 19.9 Å². The highest BCUT2D eigenvalue weighted by Crippen LogP contribution is 2.17. The highest BCUT2D eigenvalue weighted by molar-refractivity contribution is 5.94. The second kappa shape index (κ2) is 6.95. The van der Waals surface area contributed by atoms with Gasteiger partial charge in [-0.15, -0.1) is 0 Å². The first-order chi connectivity index (χ1) is 12.7. The summed E-state index contributed by atoms with van der Waals surface area (Å²) in [6, 6.07) is 9.69. The molecule has 7 heteroatoms. The third-order valence-electron chi connectivity index (χ3n) is 4.56. The molecular weight excluding hydrogens is 328 g/mol. The Labute approximate surface area is 151 Å². The fraction of sp³-hybridized carbons (Fsp3) is 0.263. The summed E-state index contributed by atoms with van der Waals surface area (Å²) >= 11 is 0. The van der Waals surface area contributed by atoms with Gasteiger partial charge < -0.3 is 9.80 Å². The van der Waals surface area contributed by atoms with Crippen molar-refractivity contribution in [1.82, 2.24) is 24.4 Å². The van der Waals surface area contributed by atoms with Gasteiger partial charge in [0.2, 0.25) is 0 Å². The average molecular weight is 348 g/mol. The van der Waals surface area contributed by atoms with Crippen molar-refractivity contribution >= 4 is 11.7 Å². The van der Waals surface area contributed by atoms with Gasteiger partial charge in [0.1, 0.15) is 24.3 Å². The molecule has 1 amide bonds. The van der Waals surface area contributed by atoms with Crippen LogP contribution >= 0.6 is 0 Å². The van der Waals surface area contributed by atoms with Crippen LogP contribution in [0.4, 0.5) is 5.82 Å². The molecule has 26 heavy (non-hydrogen) atoms. The lowest BCUT2D eigenvalue weighted by Gasteiger charge is -2.35. The van der Waals surface area contributed by atoms with Crippen molar-refractivity contribution in [3.63, 3.8) is 0 Å². The molecule has 7 nitrogen and oxygen atoms in total. The van der Waals surface area contributed by atoms with Crippen molar-refractivity contribution < 1.29 is 4.79 Å². The molecule has 0 atom stereocenters. The number of imidazole rings is 1. The Hall–Kier alpha value is -3.22. The standard InChI is InChI=1S/C19H20N6O/c1-15-3-2-4-16(11-15)19(26)24-9-7-23(8-10-24)17-12-18(22-13-21-17)25-6-5-20-14-25/h2-6,11-14H,7-10H2,1H3. The van der Waals surface area contributed by atoms with E-state index in [4.69, 9.17) is 0 Å². The third kappa shape index (κ3) is 3.28. The number of aromatic nitrogens is 4. The molecule has 3 heterocycles. The van der Waals surface area contributed by atoms with E-state index < -0.39 is 0 Å². The third-order valence-corrected chi connectivity index (χ3v) is 4.56. The van der Waals surface area contributed by atoms with Gasteiger partial charge in [-0.2, -0.15) is 0 Å². The molecule has 1 saturated heterocycles. The van der Waals surface area contributed by atoms with E-state index in [1.54, 1.807) is 18.9 Å². The van der Waals surface area contributed by atoms with Crippen LogP contribution in [0.5, 0.6) is 0 Å². The summed E-state index contributed by atoms with van der Waals surface area (Å²) in [4.78, 5) is 29.5. The first-order valence-electron chi connectivity index (χ1n) is 8.62. The minimum absolute atomic E-state index is 0.0927. The van der Waals surface area contributed by atoms with Crippen molar-refractivity contribution in [2.45, 2.75) is 6.92 Å². The first kappa shape index (κ1) is 16.3. The zero-order chi connectivity index (χ0) is 17.9. The number of hydrogen-bond acceptors (Lipinski definition) is 5. The first-order valence-corrected chi connectivity index (χ1v) is 8.62. The van der Waals surface area contributed by atoms with Gasteiger partial charge in [-0.1, -0.05) is 17.7 Å². The van der Waals surface area contributed by atoms with Gasteiger partial charge in [-0.05, 0) is 19.1 Å². The molecule has 0 aliphatic carbocycles. The summed E-state index contributed by atoms with van der Waals surface area (Å²) in [7, 11) is 0. The van der Waals surface area contributed by atoms with Crippen molar-refractivity contribution in [3.8, 4) is 5.82 Å². The molecule has 0 spiro atoms. The van der Waals surface area contributed by atoms with Crippen LogP contribution in [0.2, 0.25) is 0 Å². The Kier molecular flexibility index (Phi) is 4.35. The fourth-order valence-electron chi connectivity index (χ4n) is 3.15. The van der Waals surface area contributed by atoms with Gasteiger partial charge in [-0.3, -0.25) is 9.36 Å². The summed E-state index contributed by atoms with van der Waals surface area (Å²) < 4.78 is 1.85. The van der Waals surface area contributed by atoms with Crippen molar-refractivity contribution in [1.29, 1.82) is 0 Å². The maximum absolute atomic E-state index is 12.7. The molecule has 1 fully saturated rings. The molecule has 1 aliphatic rings. The molecule has 1 aromatic carbocycles. The topological polar surface area (TPSA) is 67.2 Å². The number of nitrogens with zero attached hydrogens (tertiary/aromatic N) is 6. The zero-order valence-electron chi connectivity index (χ0n) is 14.6. The zero-order valence-corrected chi connectivity index (χ0v) is 14.6. The van der Waals surface area contributed by atoms with Crippen molar-refractivity contribution in [2.75, 3.05) is 31.1 Å². The van der Waals surface area contributed by atoms with Crippen molar-refractivity contribution in [3.05, 3.63) is 66.5 Å². The largest absolute Gasteiger partial charge is 0.353 e. The predicted molar refractivity (Wildman–Crippen MR) is 98.4 cm³/mol. The van der Waals surface area contributed by atoms with E-state index >= 15 is 0 Å². The van der Waals surface area contributed by atoms with Crippen LogP contribution in [0.25, 0.3) is 5.82 Å². The molecule has 0 unspecified atom stereocenters. The quantitative estimate of drug-likeness (QED) is 0.724. The van der Waals surface area contributed by atoms with Crippen LogP contribution in [0, 0.1) is 6.92 Å².